The van der Waals surface area contributed by atoms with Crippen molar-refractivity contribution in [1.29, 1.82) is 0 Å². The third-order valence-corrected chi connectivity index (χ3v) is 4.62. The highest BCUT2D eigenvalue weighted by Gasteiger charge is 2.21. The van der Waals surface area contributed by atoms with Crippen LogP contribution in [0.1, 0.15) is 16.1 Å². The average Bonchev–Trinajstić information content (AvgIpc) is 3.29. The first-order valence-electron chi connectivity index (χ1n) is 8.80. The van der Waals surface area contributed by atoms with Crippen LogP contribution in [0.25, 0.3) is 5.69 Å². The van der Waals surface area contributed by atoms with Gasteiger partial charge in [-0.05, 0) is 55.5 Å². The second-order valence-corrected chi connectivity index (χ2v) is 6.42. The molecule has 2 aromatic carbocycles. The highest BCUT2D eigenvalue weighted by molar-refractivity contribution is 6.05. The lowest BCUT2D eigenvalue weighted by atomic mass is 10.2. The summed E-state index contributed by atoms with van der Waals surface area (Å²) in [6.07, 6.45) is 1.48. The van der Waals surface area contributed by atoms with Crippen LogP contribution in [-0.2, 0) is 0 Å². The summed E-state index contributed by atoms with van der Waals surface area (Å²) < 4.78 is 14.7. The zero-order chi connectivity index (χ0) is 19.7. The van der Waals surface area contributed by atoms with Crippen LogP contribution < -0.4 is 15.5 Å². The standard InChI is InChI=1S/C20H18FN5O2/c1-13-18(12-23-26(13)17-6-2-14(21)3-7-17)19(27)24-15-4-8-16(9-5-15)25-11-10-22-20(25)28/h2-9,12H,10-11H2,1H3,(H,22,28)(H,24,27). The van der Waals surface area contributed by atoms with Gasteiger partial charge in [0.25, 0.3) is 5.91 Å². The Balaban J connectivity index is 1.49. The molecule has 0 radical (unpaired) electrons. The molecule has 4 rings (SSSR count). The molecule has 0 bridgehead atoms. The van der Waals surface area contributed by atoms with Crippen molar-refractivity contribution >= 4 is 23.3 Å². The first-order chi connectivity index (χ1) is 13.5. The zero-order valence-corrected chi connectivity index (χ0v) is 15.1. The van der Waals surface area contributed by atoms with Gasteiger partial charge in [0.2, 0.25) is 0 Å². The molecule has 0 atom stereocenters. The molecule has 0 spiro atoms. The van der Waals surface area contributed by atoms with E-state index in [0.29, 0.717) is 35.7 Å². The number of nitrogens with one attached hydrogen (secondary N) is 2. The van der Waals surface area contributed by atoms with Crippen molar-refractivity contribution < 1.29 is 14.0 Å². The van der Waals surface area contributed by atoms with Gasteiger partial charge >= 0.3 is 6.03 Å². The number of aromatic nitrogens is 2. The molecule has 0 unspecified atom stereocenters. The zero-order valence-electron chi connectivity index (χ0n) is 15.1. The predicted octanol–water partition coefficient (Wildman–Crippen LogP) is 3.10. The Morgan fingerprint density at radius 1 is 1.11 bits per heavy atom. The van der Waals surface area contributed by atoms with Crippen molar-refractivity contribution in [2.45, 2.75) is 6.92 Å². The molecular formula is C20H18FN5O2. The first-order valence-corrected chi connectivity index (χ1v) is 8.80. The summed E-state index contributed by atoms with van der Waals surface area (Å²) in [5.41, 5.74) is 3.13. The van der Waals surface area contributed by atoms with Crippen LogP contribution in [0.4, 0.5) is 20.6 Å². The number of urea groups is 1. The summed E-state index contributed by atoms with van der Waals surface area (Å²) in [6.45, 7) is 3.02. The number of anilines is 2. The van der Waals surface area contributed by atoms with E-state index in [1.165, 1.54) is 18.3 Å². The van der Waals surface area contributed by atoms with E-state index < -0.39 is 0 Å². The quantitative estimate of drug-likeness (QED) is 0.731. The molecule has 8 heteroatoms. The summed E-state index contributed by atoms with van der Waals surface area (Å²) >= 11 is 0. The number of nitrogens with zero attached hydrogens (tertiary/aromatic N) is 3. The molecule has 3 amide bonds. The smallest absolute Gasteiger partial charge is 0.321 e. The van der Waals surface area contributed by atoms with E-state index in [2.05, 4.69) is 15.7 Å². The molecule has 0 aliphatic carbocycles. The molecule has 0 saturated carbocycles. The van der Waals surface area contributed by atoms with Gasteiger partial charge in [0.05, 0.1) is 23.1 Å². The van der Waals surface area contributed by atoms with Crippen LogP contribution in [0.15, 0.2) is 54.7 Å². The minimum atomic E-state index is -0.332. The fourth-order valence-electron chi connectivity index (χ4n) is 3.12. The highest BCUT2D eigenvalue weighted by Crippen LogP contribution is 2.21. The molecule has 7 nitrogen and oxygen atoms in total. The third-order valence-electron chi connectivity index (χ3n) is 4.62. The summed E-state index contributed by atoms with van der Waals surface area (Å²) in [5.74, 6) is -0.626. The van der Waals surface area contributed by atoms with Crippen molar-refractivity contribution in [3.8, 4) is 5.69 Å². The first kappa shape index (κ1) is 17.7. The average molecular weight is 379 g/mol. The van der Waals surface area contributed by atoms with Crippen LogP contribution in [0.2, 0.25) is 0 Å². The summed E-state index contributed by atoms with van der Waals surface area (Å²) in [5, 5.41) is 9.81. The molecule has 1 aromatic heterocycles. The number of hydrogen-bond donors (Lipinski definition) is 2. The maximum atomic E-state index is 13.1. The Kier molecular flexibility index (Phi) is 4.52. The topological polar surface area (TPSA) is 79.3 Å². The summed E-state index contributed by atoms with van der Waals surface area (Å²) in [6, 6.07) is 12.8. The van der Waals surface area contributed by atoms with E-state index in [-0.39, 0.29) is 17.8 Å². The van der Waals surface area contributed by atoms with Crippen molar-refractivity contribution in [2.24, 2.45) is 0 Å². The van der Waals surface area contributed by atoms with Crippen molar-refractivity contribution in [2.75, 3.05) is 23.3 Å². The fourth-order valence-corrected chi connectivity index (χ4v) is 3.12. The Bertz CT molecular complexity index is 1030. The van der Waals surface area contributed by atoms with Gasteiger partial charge < -0.3 is 10.6 Å². The Morgan fingerprint density at radius 2 is 1.79 bits per heavy atom. The van der Waals surface area contributed by atoms with Gasteiger partial charge in [-0.2, -0.15) is 5.10 Å². The van der Waals surface area contributed by atoms with Crippen LogP contribution in [0.3, 0.4) is 0 Å². The monoisotopic (exact) mass is 379 g/mol. The van der Waals surface area contributed by atoms with E-state index in [9.17, 15) is 14.0 Å². The highest BCUT2D eigenvalue weighted by atomic mass is 19.1. The van der Waals surface area contributed by atoms with E-state index in [1.807, 2.05) is 0 Å². The second kappa shape index (κ2) is 7.15. The SMILES string of the molecule is Cc1c(C(=O)Nc2ccc(N3CCNC3=O)cc2)cnn1-c1ccc(F)cc1. The van der Waals surface area contributed by atoms with Gasteiger partial charge in [-0.25, -0.2) is 13.9 Å². The number of carbonyl (C=O) groups excluding carboxylic acids is 2. The van der Waals surface area contributed by atoms with Crippen molar-refractivity contribution in [3.63, 3.8) is 0 Å². The summed E-state index contributed by atoms with van der Waals surface area (Å²) in [7, 11) is 0. The maximum absolute atomic E-state index is 13.1. The van der Waals surface area contributed by atoms with Gasteiger partial charge in [-0.3, -0.25) is 9.69 Å². The normalized spacial score (nSPS) is 13.5. The Labute approximate surface area is 160 Å². The van der Waals surface area contributed by atoms with Crippen LogP contribution in [0, 0.1) is 12.7 Å². The Hall–Kier alpha value is -3.68. The van der Waals surface area contributed by atoms with Crippen molar-refractivity contribution in [3.05, 3.63) is 71.8 Å². The molecule has 142 valence electrons. The minimum Gasteiger partial charge on any atom is -0.336 e. The molecule has 1 aliphatic heterocycles. The third kappa shape index (κ3) is 3.32. The molecule has 2 heterocycles. The number of amides is 3. The molecule has 28 heavy (non-hydrogen) atoms. The second-order valence-electron chi connectivity index (χ2n) is 6.42. The molecule has 1 fully saturated rings. The molecule has 1 saturated heterocycles. The van der Waals surface area contributed by atoms with Crippen LogP contribution in [0.5, 0.6) is 0 Å². The van der Waals surface area contributed by atoms with Crippen molar-refractivity contribution in [1.82, 2.24) is 15.1 Å². The molecule has 3 aromatic rings. The lowest BCUT2D eigenvalue weighted by Crippen LogP contribution is -2.27. The molecule has 1 aliphatic rings. The van der Waals surface area contributed by atoms with E-state index >= 15 is 0 Å². The molecular weight excluding hydrogens is 361 g/mol. The molecule has 2 N–H and O–H groups in total. The number of benzene rings is 2. The van der Waals surface area contributed by atoms with Gasteiger partial charge in [-0.15, -0.1) is 0 Å². The van der Waals surface area contributed by atoms with E-state index in [4.69, 9.17) is 0 Å². The van der Waals surface area contributed by atoms with Crippen LogP contribution in [-0.4, -0.2) is 34.8 Å². The van der Waals surface area contributed by atoms with E-state index in [1.54, 1.807) is 52.9 Å². The van der Waals surface area contributed by atoms with Gasteiger partial charge in [-0.1, -0.05) is 0 Å². The van der Waals surface area contributed by atoms with E-state index in [0.717, 1.165) is 5.69 Å². The minimum absolute atomic E-state index is 0.124. The lowest BCUT2D eigenvalue weighted by molar-refractivity contribution is 0.102. The number of rotatable bonds is 4. The maximum Gasteiger partial charge on any atom is 0.321 e. The lowest BCUT2D eigenvalue weighted by Gasteiger charge is -2.14. The fraction of sp³-hybridized carbons (Fsp3) is 0.150. The van der Waals surface area contributed by atoms with Gasteiger partial charge in [0.1, 0.15) is 5.82 Å². The number of hydrogen-bond acceptors (Lipinski definition) is 3. The van der Waals surface area contributed by atoms with Gasteiger partial charge in [0, 0.05) is 24.5 Å². The Morgan fingerprint density at radius 3 is 2.43 bits per heavy atom. The number of halogens is 1. The predicted molar refractivity (Wildman–Crippen MR) is 103 cm³/mol. The summed E-state index contributed by atoms with van der Waals surface area (Å²) in [4.78, 5) is 26.0. The largest absolute Gasteiger partial charge is 0.336 e. The van der Waals surface area contributed by atoms with Crippen LogP contribution >= 0.6 is 0 Å². The van der Waals surface area contributed by atoms with Gasteiger partial charge in [0.15, 0.2) is 0 Å². The number of carbonyl (C=O) groups is 2.